The zero-order chi connectivity index (χ0) is 20.8. The number of nitrogens with zero attached hydrogens (tertiary/aromatic N) is 3. The average Bonchev–Trinajstić information content (AvgIpc) is 3.53. The van der Waals surface area contributed by atoms with E-state index < -0.39 is 0 Å². The number of aliphatic imine (C=N–C) groups is 1. The van der Waals surface area contributed by atoms with Crippen LogP contribution in [0.5, 0.6) is 0 Å². The number of H-pyrrole nitrogens is 2. The molecule has 3 aliphatic rings. The summed E-state index contributed by atoms with van der Waals surface area (Å²) in [6.45, 7) is 2.25. The van der Waals surface area contributed by atoms with Crippen LogP contribution in [-0.2, 0) is 22.5 Å². The van der Waals surface area contributed by atoms with E-state index in [9.17, 15) is 0 Å². The molecule has 158 valence electrons. The SMILES string of the molecule is CC1(c2cc3cc4ccc(cc5nc(cc6nc(cc2[nH]3)C=C6)C=C5)[nH]4)C=CN=CC1.[Fe]. The normalized spacial score (nSPS) is 18.7. The predicted molar refractivity (Wildman–Crippen MR) is 128 cm³/mol. The molecule has 0 aromatic carbocycles. The molecule has 5 nitrogen and oxygen atoms in total. The molecule has 0 fully saturated rings. The molecule has 0 aliphatic carbocycles. The van der Waals surface area contributed by atoms with Crippen LogP contribution < -0.4 is 0 Å². The molecule has 32 heavy (non-hydrogen) atoms. The molecule has 0 amide bonds. The molecule has 6 heterocycles. The van der Waals surface area contributed by atoms with Crippen LogP contribution in [0.2, 0.25) is 0 Å². The van der Waals surface area contributed by atoms with E-state index in [0.717, 1.165) is 51.3 Å². The molecule has 2 N–H and O–H groups in total. The number of nitrogens with one attached hydrogen (secondary N) is 2. The average molecular weight is 459 g/mol. The zero-order valence-electron chi connectivity index (χ0n) is 17.5. The van der Waals surface area contributed by atoms with Crippen molar-refractivity contribution in [3.63, 3.8) is 0 Å². The summed E-state index contributed by atoms with van der Waals surface area (Å²) in [4.78, 5) is 20.8. The summed E-state index contributed by atoms with van der Waals surface area (Å²) in [7, 11) is 0. The third-order valence-electron chi connectivity index (χ3n) is 5.93. The van der Waals surface area contributed by atoms with Crippen molar-refractivity contribution in [1.82, 2.24) is 19.9 Å². The number of hydrogen-bond donors (Lipinski definition) is 2. The third kappa shape index (κ3) is 3.79. The molecule has 3 aromatic heterocycles. The van der Waals surface area contributed by atoms with Gasteiger partial charge in [0, 0.05) is 57.0 Å². The molecule has 0 radical (unpaired) electrons. The molecule has 0 spiro atoms. The first-order valence-electron chi connectivity index (χ1n) is 10.4. The van der Waals surface area contributed by atoms with E-state index in [4.69, 9.17) is 4.98 Å². The van der Waals surface area contributed by atoms with Crippen molar-refractivity contribution in [3.8, 4) is 0 Å². The van der Waals surface area contributed by atoms with Crippen LogP contribution in [0.3, 0.4) is 0 Å². The smallest absolute Gasteiger partial charge is 0.0659 e. The minimum atomic E-state index is -0.120. The van der Waals surface area contributed by atoms with Crippen LogP contribution in [-0.4, -0.2) is 26.2 Å². The summed E-state index contributed by atoms with van der Waals surface area (Å²) >= 11 is 0. The predicted octanol–water partition coefficient (Wildman–Crippen LogP) is 5.90. The fraction of sp³-hybridized carbons (Fsp3) is 0.115. The molecule has 1 atom stereocenters. The number of aromatic nitrogens is 4. The number of hydrogen-bond acceptors (Lipinski definition) is 3. The molecule has 6 rings (SSSR count). The minimum Gasteiger partial charge on any atom is -0.355 e. The Balaban J connectivity index is 0.00000216. The summed E-state index contributed by atoms with van der Waals surface area (Å²) in [6, 6.07) is 14.7. The van der Waals surface area contributed by atoms with Crippen LogP contribution in [0.15, 0.2) is 59.7 Å². The molecule has 0 saturated carbocycles. The van der Waals surface area contributed by atoms with Gasteiger partial charge in [-0.15, -0.1) is 0 Å². The van der Waals surface area contributed by atoms with Gasteiger partial charge >= 0.3 is 0 Å². The maximum atomic E-state index is 4.79. The van der Waals surface area contributed by atoms with E-state index in [1.54, 1.807) is 0 Å². The Kier molecular flexibility index (Phi) is 5.04. The Bertz CT molecular complexity index is 1480. The molecule has 6 heteroatoms. The summed E-state index contributed by atoms with van der Waals surface area (Å²) in [6.07, 6.45) is 15.0. The van der Waals surface area contributed by atoms with Gasteiger partial charge in [0.2, 0.25) is 0 Å². The minimum absolute atomic E-state index is 0. The van der Waals surface area contributed by atoms with Crippen molar-refractivity contribution >= 4 is 52.6 Å². The van der Waals surface area contributed by atoms with Crippen molar-refractivity contribution in [1.29, 1.82) is 0 Å². The van der Waals surface area contributed by atoms with Crippen molar-refractivity contribution in [2.24, 2.45) is 4.99 Å². The molecule has 8 bridgehead atoms. The number of fused-ring (bicyclic) bond motifs is 8. The molecule has 1 unspecified atom stereocenters. The molecule has 3 aliphatic heterocycles. The van der Waals surface area contributed by atoms with E-state index in [2.05, 4.69) is 69.3 Å². The van der Waals surface area contributed by atoms with Gasteiger partial charge < -0.3 is 9.97 Å². The second kappa shape index (κ2) is 7.90. The van der Waals surface area contributed by atoms with Gasteiger partial charge in [-0.05, 0) is 78.8 Å². The number of aromatic amines is 2. The van der Waals surface area contributed by atoms with Crippen LogP contribution in [0.1, 0.15) is 41.7 Å². The first-order valence-corrected chi connectivity index (χ1v) is 10.4. The molecule has 3 aromatic rings. The Morgan fingerprint density at radius 2 is 1.41 bits per heavy atom. The third-order valence-corrected chi connectivity index (χ3v) is 5.93. The Morgan fingerprint density at radius 3 is 2.09 bits per heavy atom. The monoisotopic (exact) mass is 459 g/mol. The maximum Gasteiger partial charge on any atom is 0.0659 e. The topological polar surface area (TPSA) is 69.7 Å². The molecule has 0 saturated heterocycles. The van der Waals surface area contributed by atoms with Crippen LogP contribution >= 0.6 is 0 Å². The fourth-order valence-electron chi connectivity index (χ4n) is 4.27. The van der Waals surface area contributed by atoms with Crippen molar-refractivity contribution in [3.05, 3.63) is 83.1 Å². The van der Waals surface area contributed by atoms with Gasteiger partial charge in [-0.1, -0.05) is 13.0 Å². The van der Waals surface area contributed by atoms with E-state index >= 15 is 0 Å². The number of rotatable bonds is 1. The van der Waals surface area contributed by atoms with E-state index in [0.29, 0.717) is 0 Å². The maximum absolute atomic E-state index is 4.79. The number of allylic oxidation sites excluding steroid dienone is 1. The van der Waals surface area contributed by atoms with Gasteiger partial charge in [-0.3, -0.25) is 4.99 Å². The molecular weight excluding hydrogens is 438 g/mol. The summed E-state index contributed by atoms with van der Waals surface area (Å²) in [5.41, 5.74) is 8.94. The Morgan fingerprint density at radius 1 is 0.750 bits per heavy atom. The van der Waals surface area contributed by atoms with Gasteiger partial charge in [0.25, 0.3) is 0 Å². The largest absolute Gasteiger partial charge is 0.355 e. The van der Waals surface area contributed by atoms with E-state index in [-0.39, 0.29) is 22.5 Å². The first kappa shape index (κ1) is 20.4. The van der Waals surface area contributed by atoms with Crippen molar-refractivity contribution < 1.29 is 17.1 Å². The second-order valence-electron chi connectivity index (χ2n) is 8.36. The van der Waals surface area contributed by atoms with Crippen LogP contribution in [0.4, 0.5) is 0 Å². The standard InChI is InChI=1S/C26H21N5.Fe/c1-26(8-10-27-11-9-26)24-15-23-14-21-5-4-19(29-21)12-17-2-3-18(28-17)13-20-6-7-22(30-20)16-25(24)31-23;/h2-8,10-16,29,31H,9H2,1H3;. The van der Waals surface area contributed by atoms with Gasteiger partial charge in [0.1, 0.15) is 0 Å². The Labute approximate surface area is 196 Å². The summed E-state index contributed by atoms with van der Waals surface area (Å²) in [5.74, 6) is 0. The van der Waals surface area contributed by atoms with Gasteiger partial charge in [0.15, 0.2) is 0 Å². The molecular formula is C26H21FeN5. The van der Waals surface area contributed by atoms with Gasteiger partial charge in [-0.2, -0.15) is 0 Å². The zero-order valence-corrected chi connectivity index (χ0v) is 18.6. The van der Waals surface area contributed by atoms with Crippen molar-refractivity contribution in [2.75, 3.05) is 0 Å². The quantitative estimate of drug-likeness (QED) is 0.307. The second-order valence-corrected chi connectivity index (χ2v) is 8.36. The Hall–Kier alpha value is -3.47. The first-order chi connectivity index (χ1) is 15.1. The van der Waals surface area contributed by atoms with Crippen LogP contribution in [0, 0.1) is 0 Å². The summed E-state index contributed by atoms with van der Waals surface area (Å²) < 4.78 is 0. The van der Waals surface area contributed by atoms with E-state index in [1.807, 2.05) is 42.8 Å². The van der Waals surface area contributed by atoms with Crippen molar-refractivity contribution in [2.45, 2.75) is 18.8 Å². The summed E-state index contributed by atoms with van der Waals surface area (Å²) in [5, 5.41) is 0. The van der Waals surface area contributed by atoms with Gasteiger partial charge in [0.05, 0.1) is 22.8 Å². The van der Waals surface area contributed by atoms with Gasteiger partial charge in [-0.25, -0.2) is 9.97 Å². The van der Waals surface area contributed by atoms with E-state index in [1.165, 1.54) is 5.56 Å². The van der Waals surface area contributed by atoms with Crippen LogP contribution in [0.25, 0.3) is 46.4 Å². The fourth-order valence-corrected chi connectivity index (χ4v) is 4.27.